The largest absolute Gasteiger partial charge is 0.392 e. The minimum Gasteiger partial charge on any atom is -0.392 e. The third-order valence-corrected chi connectivity index (χ3v) is 4.04. The van der Waals surface area contributed by atoms with Gasteiger partial charge in [0, 0.05) is 35.7 Å². The first kappa shape index (κ1) is 18.8. The highest BCUT2D eigenvalue weighted by molar-refractivity contribution is 6.32. The number of aliphatic hydroxyl groups excluding tert-OH is 1. The van der Waals surface area contributed by atoms with Gasteiger partial charge in [-0.3, -0.25) is 9.98 Å². The van der Waals surface area contributed by atoms with E-state index in [1.165, 1.54) is 6.21 Å². The minimum absolute atomic E-state index is 0.213. The monoisotopic (exact) mass is 356 g/mol. The van der Waals surface area contributed by atoms with Crippen LogP contribution >= 0.6 is 11.6 Å². The maximum absolute atomic E-state index is 9.75. The molecule has 0 aliphatic carbocycles. The number of aliphatic hydroxyl groups is 1. The topological polar surface area (TPSA) is 95.3 Å². The highest BCUT2D eigenvalue weighted by atomic mass is 35.5. The van der Waals surface area contributed by atoms with Gasteiger partial charge in [0.25, 0.3) is 0 Å². The van der Waals surface area contributed by atoms with E-state index in [9.17, 15) is 5.11 Å². The van der Waals surface area contributed by atoms with Crippen molar-refractivity contribution in [3.63, 3.8) is 0 Å². The van der Waals surface area contributed by atoms with Gasteiger partial charge in [-0.15, -0.1) is 0 Å². The zero-order valence-electron chi connectivity index (χ0n) is 14.0. The normalized spacial score (nSPS) is 13.6. The van der Waals surface area contributed by atoms with Gasteiger partial charge in [0.15, 0.2) is 0 Å². The maximum atomic E-state index is 9.75. The van der Waals surface area contributed by atoms with E-state index in [-0.39, 0.29) is 6.61 Å². The Balaban J connectivity index is 2.39. The molecule has 4 N–H and O–H groups in total. The average molecular weight is 357 g/mol. The highest BCUT2D eigenvalue weighted by Crippen LogP contribution is 2.29. The second kappa shape index (κ2) is 9.11. The van der Waals surface area contributed by atoms with Crippen molar-refractivity contribution in [2.75, 3.05) is 13.2 Å². The Morgan fingerprint density at radius 2 is 2.20 bits per heavy atom. The predicted molar refractivity (Wildman–Crippen MR) is 104 cm³/mol. The summed E-state index contributed by atoms with van der Waals surface area (Å²) in [4.78, 5) is 8.24. The van der Waals surface area contributed by atoms with Gasteiger partial charge < -0.3 is 16.2 Å². The van der Waals surface area contributed by atoms with E-state index in [0.717, 1.165) is 11.1 Å². The molecule has 25 heavy (non-hydrogen) atoms. The van der Waals surface area contributed by atoms with Crippen LogP contribution in [0.1, 0.15) is 12.5 Å². The molecule has 1 unspecified atom stereocenters. The lowest BCUT2D eigenvalue weighted by atomic mass is 9.97. The first-order valence-electron chi connectivity index (χ1n) is 7.93. The molecular weight excluding hydrogens is 336 g/mol. The fourth-order valence-electron chi connectivity index (χ4n) is 2.44. The second-order valence-corrected chi connectivity index (χ2v) is 5.79. The molecule has 1 aromatic carbocycles. The molecule has 0 saturated carbocycles. The molecular formula is C19H21ClN4O. The third kappa shape index (κ3) is 4.75. The molecule has 1 heterocycles. The van der Waals surface area contributed by atoms with Gasteiger partial charge in [0.2, 0.25) is 0 Å². The summed E-state index contributed by atoms with van der Waals surface area (Å²) in [6.07, 6.45) is 6.39. The number of aliphatic imine (C=N–C) groups is 1. The van der Waals surface area contributed by atoms with E-state index in [0.29, 0.717) is 28.5 Å². The summed E-state index contributed by atoms with van der Waals surface area (Å²) in [7, 11) is 0. The average Bonchev–Trinajstić information content (AvgIpc) is 2.64. The fourth-order valence-corrected chi connectivity index (χ4v) is 2.74. The Labute approximate surface area is 152 Å². The van der Waals surface area contributed by atoms with Crippen LogP contribution in [0.2, 0.25) is 5.02 Å². The smallest absolute Gasteiger partial charge is 0.106 e. The number of halogens is 1. The predicted octanol–water partition coefficient (Wildman–Crippen LogP) is 3.42. The third-order valence-electron chi connectivity index (χ3n) is 3.72. The molecule has 0 fully saturated rings. The maximum Gasteiger partial charge on any atom is 0.106 e. The number of pyridine rings is 1. The molecule has 0 spiro atoms. The Bertz CT molecular complexity index is 787. The van der Waals surface area contributed by atoms with Gasteiger partial charge in [-0.25, -0.2) is 0 Å². The van der Waals surface area contributed by atoms with Gasteiger partial charge in [-0.1, -0.05) is 35.9 Å². The minimum atomic E-state index is -0.476. The Kier molecular flexibility index (Phi) is 6.86. The molecule has 6 heteroatoms. The SMILES string of the molecule is CCN=C(N)C(C=N)/C=C(\CO)c1ccc(-c2cccnc2)cc1Cl. The molecule has 0 aliphatic heterocycles. The van der Waals surface area contributed by atoms with Crippen LogP contribution in [0.3, 0.4) is 0 Å². The van der Waals surface area contributed by atoms with Crippen molar-refractivity contribution < 1.29 is 5.11 Å². The van der Waals surface area contributed by atoms with Gasteiger partial charge >= 0.3 is 0 Å². The fraction of sp³-hybridized carbons (Fsp3) is 0.211. The molecule has 5 nitrogen and oxygen atoms in total. The highest BCUT2D eigenvalue weighted by Gasteiger charge is 2.13. The van der Waals surface area contributed by atoms with Crippen LogP contribution in [0.25, 0.3) is 16.7 Å². The summed E-state index contributed by atoms with van der Waals surface area (Å²) in [5, 5.41) is 17.8. The Morgan fingerprint density at radius 3 is 2.76 bits per heavy atom. The van der Waals surface area contributed by atoms with Gasteiger partial charge in [-0.05, 0) is 35.8 Å². The van der Waals surface area contributed by atoms with E-state index in [2.05, 4.69) is 9.98 Å². The lowest BCUT2D eigenvalue weighted by Gasteiger charge is -2.13. The molecule has 0 radical (unpaired) electrons. The lowest BCUT2D eigenvalue weighted by Crippen LogP contribution is -2.24. The quantitative estimate of drug-likeness (QED) is 0.524. The summed E-state index contributed by atoms with van der Waals surface area (Å²) in [5.74, 6) is -0.136. The van der Waals surface area contributed by atoms with Crippen molar-refractivity contribution in [3.8, 4) is 11.1 Å². The van der Waals surface area contributed by atoms with Crippen molar-refractivity contribution in [3.05, 3.63) is 59.4 Å². The summed E-state index contributed by atoms with van der Waals surface area (Å²) in [6.45, 7) is 2.20. The molecule has 1 atom stereocenters. The van der Waals surface area contributed by atoms with Gasteiger partial charge in [-0.2, -0.15) is 0 Å². The van der Waals surface area contributed by atoms with Crippen LogP contribution in [0.5, 0.6) is 0 Å². The van der Waals surface area contributed by atoms with Gasteiger partial charge in [0.1, 0.15) is 5.84 Å². The summed E-state index contributed by atoms with van der Waals surface area (Å²) < 4.78 is 0. The number of hydrogen-bond acceptors (Lipinski definition) is 4. The second-order valence-electron chi connectivity index (χ2n) is 5.38. The zero-order valence-corrected chi connectivity index (χ0v) is 14.7. The van der Waals surface area contributed by atoms with E-state index in [1.807, 2.05) is 37.3 Å². The number of benzene rings is 1. The van der Waals surface area contributed by atoms with Crippen molar-refractivity contribution in [1.29, 1.82) is 5.41 Å². The first-order chi connectivity index (χ1) is 12.1. The van der Waals surface area contributed by atoms with E-state index in [1.54, 1.807) is 18.5 Å². The number of amidine groups is 1. The molecule has 2 rings (SSSR count). The number of rotatable bonds is 7. The van der Waals surface area contributed by atoms with Crippen molar-refractivity contribution in [2.45, 2.75) is 6.92 Å². The number of nitrogens with zero attached hydrogens (tertiary/aromatic N) is 2. The molecule has 0 amide bonds. The summed E-state index contributed by atoms with van der Waals surface area (Å²) in [5.41, 5.74) is 9.09. The van der Waals surface area contributed by atoms with Crippen LogP contribution in [0.15, 0.2) is 53.8 Å². The number of nitrogens with one attached hydrogen (secondary N) is 1. The van der Waals surface area contributed by atoms with Crippen molar-refractivity contribution >= 4 is 29.2 Å². The van der Waals surface area contributed by atoms with Crippen LogP contribution in [-0.2, 0) is 0 Å². The molecule has 0 aliphatic rings. The first-order valence-corrected chi connectivity index (χ1v) is 8.30. The van der Waals surface area contributed by atoms with E-state index in [4.69, 9.17) is 22.7 Å². The molecule has 0 saturated heterocycles. The van der Waals surface area contributed by atoms with Crippen molar-refractivity contribution in [2.24, 2.45) is 16.6 Å². The number of nitrogens with two attached hydrogens (primary N) is 1. The van der Waals surface area contributed by atoms with Crippen LogP contribution in [0, 0.1) is 11.3 Å². The summed E-state index contributed by atoms with van der Waals surface area (Å²) >= 11 is 6.43. The van der Waals surface area contributed by atoms with E-state index >= 15 is 0 Å². The summed E-state index contributed by atoms with van der Waals surface area (Å²) in [6, 6.07) is 9.42. The number of aromatic nitrogens is 1. The molecule has 0 bridgehead atoms. The van der Waals surface area contributed by atoms with Gasteiger partial charge in [0.05, 0.1) is 12.5 Å². The van der Waals surface area contributed by atoms with Crippen molar-refractivity contribution in [1.82, 2.24) is 4.98 Å². The van der Waals surface area contributed by atoms with Crippen LogP contribution in [0.4, 0.5) is 0 Å². The number of hydrogen-bond donors (Lipinski definition) is 3. The zero-order chi connectivity index (χ0) is 18.2. The molecule has 130 valence electrons. The standard InChI is InChI=1S/C19H21ClN4O/c1-2-24-19(22)15(10-21)8-16(12-25)17-6-5-13(9-18(17)20)14-4-3-7-23-11-14/h3-11,15,21,25H,2,12H2,1H3,(H2,22,24)/b16-8+,21-10?. The van der Waals surface area contributed by atoms with Crippen LogP contribution < -0.4 is 5.73 Å². The van der Waals surface area contributed by atoms with Crippen LogP contribution in [-0.4, -0.2) is 35.3 Å². The molecule has 1 aromatic heterocycles. The Morgan fingerprint density at radius 1 is 1.40 bits per heavy atom. The molecule has 2 aromatic rings. The lowest BCUT2D eigenvalue weighted by molar-refractivity contribution is 0.350. The van der Waals surface area contributed by atoms with E-state index < -0.39 is 5.92 Å². The Hall–Kier alpha value is -2.50.